The summed E-state index contributed by atoms with van der Waals surface area (Å²) in [6, 6.07) is 3.88. The Labute approximate surface area is 195 Å². The van der Waals surface area contributed by atoms with Crippen molar-refractivity contribution in [2.75, 3.05) is 37.8 Å². The SMILES string of the molecule is CCNC(=NCC1(CC)CCC1)NCCNc1ccc(S(C)(=O)=O)cc1[N+](=O)[O-].I. The minimum atomic E-state index is -3.51. The van der Waals surface area contributed by atoms with Crippen LogP contribution in [-0.4, -0.2) is 51.7 Å². The summed E-state index contributed by atoms with van der Waals surface area (Å²) in [6.07, 6.45) is 5.87. The van der Waals surface area contributed by atoms with Gasteiger partial charge in [0.05, 0.1) is 9.82 Å². The van der Waals surface area contributed by atoms with Gasteiger partial charge in [-0.3, -0.25) is 15.1 Å². The first-order valence-electron chi connectivity index (χ1n) is 9.95. The average molecular weight is 553 g/mol. The van der Waals surface area contributed by atoms with E-state index in [-0.39, 0.29) is 40.2 Å². The van der Waals surface area contributed by atoms with Gasteiger partial charge in [0.25, 0.3) is 5.69 Å². The quantitative estimate of drug-likeness (QED) is 0.102. The monoisotopic (exact) mass is 553 g/mol. The second kappa shape index (κ2) is 11.7. The fourth-order valence-electron chi connectivity index (χ4n) is 3.31. The number of nitro groups is 1. The van der Waals surface area contributed by atoms with Gasteiger partial charge in [0.15, 0.2) is 15.8 Å². The van der Waals surface area contributed by atoms with E-state index in [1.54, 1.807) is 0 Å². The topological polar surface area (TPSA) is 126 Å². The predicted octanol–water partition coefficient (Wildman–Crippen LogP) is 3.16. The summed E-state index contributed by atoms with van der Waals surface area (Å²) in [5, 5.41) is 20.7. The molecule has 1 aliphatic rings. The summed E-state index contributed by atoms with van der Waals surface area (Å²) in [4.78, 5) is 15.3. The summed E-state index contributed by atoms with van der Waals surface area (Å²) in [7, 11) is -3.51. The molecule has 0 aromatic heterocycles. The summed E-state index contributed by atoms with van der Waals surface area (Å²) in [5.74, 6) is 0.732. The molecule has 0 aliphatic heterocycles. The Morgan fingerprint density at radius 2 is 1.93 bits per heavy atom. The minimum Gasteiger partial charge on any atom is -0.378 e. The molecule has 3 N–H and O–H groups in total. The first-order valence-corrected chi connectivity index (χ1v) is 11.8. The van der Waals surface area contributed by atoms with Crippen molar-refractivity contribution >= 4 is 51.1 Å². The molecule has 0 bridgehead atoms. The number of nitrogens with zero attached hydrogens (tertiary/aromatic N) is 2. The van der Waals surface area contributed by atoms with Crippen LogP contribution in [0.3, 0.4) is 0 Å². The Morgan fingerprint density at radius 3 is 2.43 bits per heavy atom. The van der Waals surface area contributed by atoms with Crippen LogP contribution in [0.15, 0.2) is 28.1 Å². The Kier molecular flexibility index (Phi) is 10.3. The Morgan fingerprint density at radius 1 is 1.23 bits per heavy atom. The smallest absolute Gasteiger partial charge is 0.293 e. The van der Waals surface area contributed by atoms with Crippen molar-refractivity contribution in [2.45, 2.75) is 44.4 Å². The molecular formula is C19H32IN5O4S. The van der Waals surface area contributed by atoms with E-state index >= 15 is 0 Å². The zero-order chi connectivity index (χ0) is 21.5. The van der Waals surface area contributed by atoms with Crippen LogP contribution in [0.25, 0.3) is 0 Å². The minimum absolute atomic E-state index is 0. The van der Waals surface area contributed by atoms with E-state index in [0.717, 1.165) is 37.8 Å². The molecule has 30 heavy (non-hydrogen) atoms. The van der Waals surface area contributed by atoms with Crippen LogP contribution in [0.5, 0.6) is 0 Å². The lowest BCUT2D eigenvalue weighted by Crippen LogP contribution is -2.41. The summed E-state index contributed by atoms with van der Waals surface area (Å²) >= 11 is 0. The number of nitro benzene ring substituents is 1. The second-order valence-corrected chi connectivity index (χ2v) is 9.48. The molecule has 1 aliphatic carbocycles. The highest BCUT2D eigenvalue weighted by Crippen LogP contribution is 2.43. The molecule has 1 saturated carbocycles. The molecule has 0 atom stereocenters. The van der Waals surface area contributed by atoms with E-state index in [9.17, 15) is 18.5 Å². The number of anilines is 1. The number of halogens is 1. The van der Waals surface area contributed by atoms with Crippen molar-refractivity contribution in [3.63, 3.8) is 0 Å². The molecule has 0 spiro atoms. The zero-order valence-corrected chi connectivity index (χ0v) is 20.9. The van der Waals surface area contributed by atoms with Gasteiger partial charge in [-0.05, 0) is 43.7 Å². The molecule has 0 heterocycles. The zero-order valence-electron chi connectivity index (χ0n) is 17.7. The molecule has 0 saturated heterocycles. The molecule has 0 amide bonds. The molecule has 0 unspecified atom stereocenters. The summed E-state index contributed by atoms with van der Waals surface area (Å²) in [5.41, 5.74) is 0.358. The first kappa shape index (κ1) is 26.4. The Hall–Kier alpha value is -1.63. The van der Waals surface area contributed by atoms with Crippen molar-refractivity contribution < 1.29 is 13.3 Å². The van der Waals surface area contributed by atoms with Gasteiger partial charge in [-0.2, -0.15) is 0 Å². The van der Waals surface area contributed by atoms with Crippen molar-refractivity contribution in [2.24, 2.45) is 10.4 Å². The lowest BCUT2D eigenvalue weighted by atomic mass is 9.67. The number of guanidine groups is 1. The van der Waals surface area contributed by atoms with Crippen LogP contribution in [0.4, 0.5) is 11.4 Å². The normalized spacial score (nSPS) is 15.5. The van der Waals surface area contributed by atoms with Crippen LogP contribution in [0.2, 0.25) is 0 Å². The molecule has 1 aromatic carbocycles. The molecular weight excluding hydrogens is 521 g/mol. The van der Waals surface area contributed by atoms with E-state index in [0.29, 0.717) is 18.5 Å². The third-order valence-corrected chi connectivity index (χ3v) is 6.52. The van der Waals surface area contributed by atoms with E-state index in [2.05, 4.69) is 22.9 Å². The summed E-state index contributed by atoms with van der Waals surface area (Å²) < 4.78 is 23.2. The lowest BCUT2D eigenvalue weighted by molar-refractivity contribution is -0.384. The van der Waals surface area contributed by atoms with E-state index < -0.39 is 14.8 Å². The maximum atomic E-state index is 11.6. The number of hydrogen-bond donors (Lipinski definition) is 3. The van der Waals surface area contributed by atoms with E-state index in [1.807, 2.05) is 6.92 Å². The number of rotatable bonds is 10. The van der Waals surface area contributed by atoms with Crippen molar-refractivity contribution in [1.29, 1.82) is 0 Å². The Bertz CT molecular complexity index is 851. The van der Waals surface area contributed by atoms with Crippen molar-refractivity contribution in [3.05, 3.63) is 28.3 Å². The fraction of sp³-hybridized carbons (Fsp3) is 0.632. The molecule has 0 radical (unpaired) electrons. The number of benzene rings is 1. The van der Waals surface area contributed by atoms with Gasteiger partial charge in [-0.1, -0.05) is 13.3 Å². The number of hydrogen-bond acceptors (Lipinski definition) is 6. The second-order valence-electron chi connectivity index (χ2n) is 7.46. The number of aliphatic imine (C=N–C) groups is 1. The lowest BCUT2D eigenvalue weighted by Gasteiger charge is -2.40. The highest BCUT2D eigenvalue weighted by Gasteiger charge is 2.34. The third kappa shape index (κ3) is 7.25. The predicted molar refractivity (Wildman–Crippen MR) is 131 cm³/mol. The fourth-order valence-corrected chi connectivity index (χ4v) is 3.95. The van der Waals surface area contributed by atoms with Gasteiger partial charge < -0.3 is 16.0 Å². The van der Waals surface area contributed by atoms with Crippen LogP contribution in [0.1, 0.15) is 39.5 Å². The van der Waals surface area contributed by atoms with Gasteiger partial charge in [-0.25, -0.2) is 8.42 Å². The van der Waals surface area contributed by atoms with Crippen LogP contribution in [-0.2, 0) is 9.84 Å². The largest absolute Gasteiger partial charge is 0.378 e. The van der Waals surface area contributed by atoms with Crippen molar-refractivity contribution in [1.82, 2.24) is 10.6 Å². The van der Waals surface area contributed by atoms with Crippen LogP contribution >= 0.6 is 24.0 Å². The van der Waals surface area contributed by atoms with Gasteiger partial charge in [0.1, 0.15) is 5.69 Å². The molecule has 2 rings (SSSR count). The molecule has 11 heteroatoms. The standard InChI is InChI=1S/C19H31N5O4S.HI/c1-4-19(9-6-10-19)14-23-18(20-5-2)22-12-11-21-16-8-7-15(29(3,27)28)13-17(16)24(25)26;/h7-8,13,21H,4-6,9-12,14H2,1-3H3,(H2,20,22,23);1H. The summed E-state index contributed by atoms with van der Waals surface area (Å²) in [6.45, 7) is 6.68. The van der Waals surface area contributed by atoms with E-state index in [1.165, 1.54) is 31.4 Å². The highest BCUT2D eigenvalue weighted by molar-refractivity contribution is 14.0. The van der Waals surface area contributed by atoms with Crippen LogP contribution in [0, 0.1) is 15.5 Å². The molecule has 170 valence electrons. The van der Waals surface area contributed by atoms with E-state index in [4.69, 9.17) is 4.99 Å². The third-order valence-electron chi connectivity index (χ3n) is 5.41. The maximum absolute atomic E-state index is 11.6. The molecule has 1 fully saturated rings. The number of nitrogens with one attached hydrogen (secondary N) is 3. The van der Waals surface area contributed by atoms with Crippen molar-refractivity contribution in [3.8, 4) is 0 Å². The van der Waals surface area contributed by atoms with Gasteiger partial charge >= 0.3 is 0 Å². The van der Waals surface area contributed by atoms with Gasteiger partial charge in [0, 0.05) is 38.5 Å². The number of sulfone groups is 1. The van der Waals surface area contributed by atoms with Crippen LogP contribution < -0.4 is 16.0 Å². The average Bonchev–Trinajstić information content (AvgIpc) is 2.63. The molecule has 9 nitrogen and oxygen atoms in total. The highest BCUT2D eigenvalue weighted by atomic mass is 127. The first-order chi connectivity index (χ1) is 13.7. The van der Waals surface area contributed by atoms with Gasteiger partial charge in [0.2, 0.25) is 0 Å². The molecule has 1 aromatic rings. The maximum Gasteiger partial charge on any atom is 0.293 e. The van der Waals surface area contributed by atoms with Gasteiger partial charge in [-0.15, -0.1) is 24.0 Å². The Balaban J connectivity index is 0.00000450.